The first kappa shape index (κ1) is 14.6. The zero-order chi connectivity index (χ0) is 11.8. The minimum atomic E-state index is -2.75. The predicted octanol–water partition coefficient (Wildman–Crippen LogP) is 0.653. The van der Waals surface area contributed by atoms with Gasteiger partial charge in [-0.2, -0.15) is 0 Å². The Morgan fingerprint density at radius 2 is 2.24 bits per heavy atom. The summed E-state index contributed by atoms with van der Waals surface area (Å²) in [4.78, 5) is 13.5. The Kier molecular flexibility index (Phi) is 4.69. The number of halogens is 3. The predicted molar refractivity (Wildman–Crippen MR) is 60.6 cm³/mol. The average Bonchev–Trinajstić information content (AvgIpc) is 2.83. The van der Waals surface area contributed by atoms with Gasteiger partial charge in [-0.1, -0.05) is 0 Å². The molecule has 0 radical (unpaired) electrons. The Balaban J connectivity index is 0.00000144. The molecule has 2 saturated heterocycles. The molecule has 4 nitrogen and oxygen atoms in total. The van der Waals surface area contributed by atoms with Crippen LogP contribution in [-0.4, -0.2) is 55.6 Å². The van der Waals surface area contributed by atoms with Crippen LogP contribution < -0.4 is 5.32 Å². The van der Waals surface area contributed by atoms with Gasteiger partial charge in [0.1, 0.15) is 0 Å². The lowest BCUT2D eigenvalue weighted by atomic mass is 10.2. The summed E-state index contributed by atoms with van der Waals surface area (Å²) in [5, 5.41) is 2.57. The van der Waals surface area contributed by atoms with Gasteiger partial charge in [-0.15, -0.1) is 12.4 Å². The van der Waals surface area contributed by atoms with Crippen molar-refractivity contribution in [3.63, 3.8) is 0 Å². The molecule has 0 aliphatic carbocycles. The lowest BCUT2D eigenvalue weighted by Crippen LogP contribution is -2.42. The number of likely N-dealkylation sites (tertiary alicyclic amines) is 1. The molecule has 0 saturated carbocycles. The van der Waals surface area contributed by atoms with Crippen LogP contribution in [0, 0.1) is 0 Å². The van der Waals surface area contributed by atoms with Crippen LogP contribution in [0.5, 0.6) is 0 Å². The van der Waals surface area contributed by atoms with Gasteiger partial charge in [0.05, 0.1) is 18.7 Å². The lowest BCUT2D eigenvalue weighted by Gasteiger charge is -2.20. The highest BCUT2D eigenvalue weighted by Crippen LogP contribution is 2.26. The number of nitrogens with one attached hydrogen (secondary N) is 1. The summed E-state index contributed by atoms with van der Waals surface area (Å²) < 4.78 is 31.0. The van der Waals surface area contributed by atoms with Crippen molar-refractivity contribution in [3.05, 3.63) is 0 Å². The number of hydrogen-bond donors (Lipinski definition) is 1. The highest BCUT2D eigenvalue weighted by molar-refractivity contribution is 5.85. The summed E-state index contributed by atoms with van der Waals surface area (Å²) in [6.07, 6.45) is 0.441. The highest BCUT2D eigenvalue weighted by atomic mass is 35.5. The van der Waals surface area contributed by atoms with Gasteiger partial charge < -0.3 is 9.64 Å². The van der Waals surface area contributed by atoms with E-state index in [0.717, 1.165) is 6.42 Å². The van der Waals surface area contributed by atoms with E-state index in [1.54, 1.807) is 12.0 Å². The summed E-state index contributed by atoms with van der Waals surface area (Å²) in [6.45, 7) is 0.713. The van der Waals surface area contributed by atoms with E-state index in [-0.39, 0.29) is 30.8 Å². The van der Waals surface area contributed by atoms with Crippen molar-refractivity contribution < 1.29 is 18.3 Å². The van der Waals surface area contributed by atoms with Gasteiger partial charge in [-0.25, -0.2) is 8.78 Å². The molecule has 0 bridgehead atoms. The van der Waals surface area contributed by atoms with E-state index in [4.69, 9.17) is 4.74 Å². The molecular formula is C10H17ClF2N2O2. The van der Waals surface area contributed by atoms with Crippen LogP contribution >= 0.6 is 12.4 Å². The van der Waals surface area contributed by atoms with E-state index in [0.29, 0.717) is 13.1 Å². The minimum Gasteiger partial charge on any atom is -0.380 e. The Hall–Kier alpha value is -0.460. The largest absolute Gasteiger partial charge is 0.380 e. The maximum absolute atomic E-state index is 12.9. The first-order valence-electron chi connectivity index (χ1n) is 5.44. The molecule has 2 fully saturated rings. The quantitative estimate of drug-likeness (QED) is 0.801. The van der Waals surface area contributed by atoms with Crippen molar-refractivity contribution >= 4 is 18.3 Å². The van der Waals surface area contributed by atoms with E-state index >= 15 is 0 Å². The van der Waals surface area contributed by atoms with Crippen LogP contribution in [-0.2, 0) is 9.53 Å². The normalized spacial score (nSPS) is 31.4. The number of alkyl halides is 2. The topological polar surface area (TPSA) is 41.6 Å². The van der Waals surface area contributed by atoms with Crippen LogP contribution in [0.1, 0.15) is 12.8 Å². The third-order valence-corrected chi connectivity index (χ3v) is 3.20. The van der Waals surface area contributed by atoms with E-state index < -0.39 is 18.5 Å². The van der Waals surface area contributed by atoms with E-state index in [2.05, 4.69) is 5.32 Å². The number of carbonyl (C=O) groups is 1. The van der Waals surface area contributed by atoms with Crippen molar-refractivity contribution in [2.45, 2.75) is 30.9 Å². The lowest BCUT2D eigenvalue weighted by molar-refractivity contribution is -0.133. The third kappa shape index (κ3) is 3.26. The van der Waals surface area contributed by atoms with E-state index in [1.165, 1.54) is 0 Å². The van der Waals surface area contributed by atoms with Crippen LogP contribution in [0.15, 0.2) is 0 Å². The number of amides is 1. The molecule has 0 aromatic carbocycles. The number of hydrogen-bond acceptors (Lipinski definition) is 3. The third-order valence-electron chi connectivity index (χ3n) is 3.20. The molecule has 2 heterocycles. The fraction of sp³-hybridized carbons (Fsp3) is 0.900. The molecule has 17 heavy (non-hydrogen) atoms. The summed E-state index contributed by atoms with van der Waals surface area (Å²) in [5.41, 5.74) is 0. The molecule has 2 rings (SSSR count). The second kappa shape index (κ2) is 5.46. The van der Waals surface area contributed by atoms with Gasteiger partial charge in [0.15, 0.2) is 0 Å². The number of carbonyl (C=O) groups excluding carboxylic acids is 1. The number of methoxy groups -OCH3 is 1. The van der Waals surface area contributed by atoms with Crippen LogP contribution in [0.2, 0.25) is 0 Å². The first-order valence-corrected chi connectivity index (χ1v) is 5.44. The van der Waals surface area contributed by atoms with Gasteiger partial charge in [0.2, 0.25) is 5.91 Å². The van der Waals surface area contributed by atoms with Gasteiger partial charge in [0.25, 0.3) is 5.92 Å². The van der Waals surface area contributed by atoms with Crippen LogP contribution in [0.3, 0.4) is 0 Å². The summed E-state index contributed by atoms with van der Waals surface area (Å²) in [7, 11) is 1.60. The molecule has 7 heteroatoms. The van der Waals surface area contributed by atoms with Crippen molar-refractivity contribution in [3.8, 4) is 0 Å². The zero-order valence-corrected chi connectivity index (χ0v) is 10.4. The van der Waals surface area contributed by atoms with Gasteiger partial charge in [-0.3, -0.25) is 10.1 Å². The summed E-state index contributed by atoms with van der Waals surface area (Å²) in [5.74, 6) is -2.97. The van der Waals surface area contributed by atoms with Gasteiger partial charge >= 0.3 is 0 Å². The zero-order valence-electron chi connectivity index (χ0n) is 9.62. The maximum atomic E-state index is 12.9. The van der Waals surface area contributed by atoms with Gasteiger partial charge in [0, 0.05) is 26.6 Å². The second-order valence-corrected chi connectivity index (χ2v) is 4.42. The molecule has 2 aliphatic rings. The molecule has 1 N–H and O–H groups in total. The fourth-order valence-corrected chi connectivity index (χ4v) is 2.23. The van der Waals surface area contributed by atoms with E-state index in [9.17, 15) is 13.6 Å². The fourth-order valence-electron chi connectivity index (χ4n) is 2.23. The Labute approximate surface area is 105 Å². The minimum absolute atomic E-state index is 0. The molecule has 0 spiro atoms. The molecule has 2 aliphatic heterocycles. The summed E-state index contributed by atoms with van der Waals surface area (Å²) >= 11 is 0. The Morgan fingerprint density at radius 1 is 1.53 bits per heavy atom. The molecule has 2 atom stereocenters. The highest BCUT2D eigenvalue weighted by Gasteiger charge is 2.44. The number of ether oxygens (including phenoxy) is 1. The maximum Gasteiger partial charge on any atom is 0.262 e. The Bertz CT molecular complexity index is 291. The summed E-state index contributed by atoms with van der Waals surface area (Å²) in [6, 6.07) is -0.731. The number of nitrogens with zero attached hydrogens (tertiary/aromatic N) is 1. The molecule has 1 unspecified atom stereocenters. The Morgan fingerprint density at radius 3 is 2.71 bits per heavy atom. The molecule has 100 valence electrons. The van der Waals surface area contributed by atoms with E-state index in [1.807, 2.05) is 0 Å². The first-order chi connectivity index (χ1) is 7.52. The molecule has 0 aromatic heterocycles. The van der Waals surface area contributed by atoms with Crippen molar-refractivity contribution in [2.24, 2.45) is 0 Å². The SMILES string of the molecule is CO[C@@H]1CCN(C(=O)C2CC(F)(F)CN2)C1.Cl. The average molecular weight is 271 g/mol. The molecule has 1 amide bonds. The monoisotopic (exact) mass is 270 g/mol. The number of rotatable bonds is 2. The smallest absolute Gasteiger partial charge is 0.262 e. The van der Waals surface area contributed by atoms with Crippen molar-refractivity contribution in [1.82, 2.24) is 10.2 Å². The molecular weight excluding hydrogens is 254 g/mol. The van der Waals surface area contributed by atoms with Crippen molar-refractivity contribution in [2.75, 3.05) is 26.7 Å². The second-order valence-electron chi connectivity index (χ2n) is 4.42. The molecule has 0 aromatic rings. The standard InChI is InChI=1S/C10H16F2N2O2.ClH/c1-16-7-2-3-14(5-7)9(15)8-4-10(11,12)6-13-8;/h7-8,13H,2-6H2,1H3;1H/t7-,8?;/m1./s1. The van der Waals surface area contributed by atoms with Crippen molar-refractivity contribution in [1.29, 1.82) is 0 Å². The van der Waals surface area contributed by atoms with Crippen LogP contribution in [0.4, 0.5) is 8.78 Å². The van der Waals surface area contributed by atoms with Crippen LogP contribution in [0.25, 0.3) is 0 Å². The van der Waals surface area contributed by atoms with Gasteiger partial charge in [-0.05, 0) is 6.42 Å².